The van der Waals surface area contributed by atoms with Crippen LogP contribution in [0.25, 0.3) is 0 Å². The van der Waals surface area contributed by atoms with Gasteiger partial charge in [0.25, 0.3) is 0 Å². The molecule has 1 amide bonds. The Balaban J connectivity index is 2.17. The minimum Gasteiger partial charge on any atom is -0.394 e. The Bertz CT molecular complexity index is 1980. The molecule has 0 aliphatic carbocycles. The molecule has 90 heavy (non-hydrogen) atoms. The third kappa shape index (κ3) is 55.4. The maximum Gasteiger partial charge on any atom is 0.220 e. The van der Waals surface area contributed by atoms with Crippen LogP contribution in [0, 0.1) is 0 Å². The number of aliphatic hydroxyl groups excluding tert-OH is 5. The zero-order valence-corrected chi connectivity index (χ0v) is 57.3. The molecule has 7 atom stereocenters. The standard InChI is InChI=1S/C81H135NO8/c1-3-5-7-9-11-13-15-17-19-21-23-25-27-29-31-32-33-34-35-36-37-38-39-40-41-42-43-44-45-47-49-51-53-55-57-59-61-63-65-67-69-71-77(85)82-74(73-89-81-80(88)79(87)78(86)76(72-83)90-81)75(84)70-68-66-64-62-60-58-56-54-52-50-48-46-30-28-26-24-22-20-18-16-14-12-10-8-6-4-2/h5,7,11,13,17,19,23,25,29,31,33-34,36-37,39-40,42-43,45,47,52,54,60,62,68,70,74-76,78-81,83-84,86-88H,3-4,6,8-10,12,14-16,18,20-22,24,26-28,30,32,35,38,41,44,46,48-51,53,55-59,61,63-67,69,71-73H2,1-2H3,(H,82,85)/b7-5-,13-11-,19-17-,25-23-,31-29-,34-33-,37-36-,40-39-,43-42-,47-45-,54-52+,62-60+,70-68+. The number of carbonyl (C=O) groups is 1. The number of hydrogen-bond donors (Lipinski definition) is 6. The van der Waals surface area contributed by atoms with E-state index in [0.717, 1.165) is 128 Å². The highest BCUT2D eigenvalue weighted by Gasteiger charge is 2.44. The van der Waals surface area contributed by atoms with Crippen molar-refractivity contribution in [3.05, 3.63) is 158 Å². The second kappa shape index (κ2) is 67.7. The van der Waals surface area contributed by atoms with E-state index in [-0.39, 0.29) is 12.5 Å². The average molecular weight is 1250 g/mol. The van der Waals surface area contributed by atoms with E-state index in [1.54, 1.807) is 6.08 Å². The molecule has 1 heterocycles. The van der Waals surface area contributed by atoms with E-state index in [9.17, 15) is 30.3 Å². The molecule has 1 aliphatic rings. The van der Waals surface area contributed by atoms with Gasteiger partial charge in [-0.1, -0.05) is 320 Å². The number of allylic oxidation sites excluding steroid dienone is 25. The first-order valence-electron chi connectivity index (χ1n) is 36.7. The summed E-state index contributed by atoms with van der Waals surface area (Å²) in [5, 5.41) is 54.8. The lowest BCUT2D eigenvalue weighted by Gasteiger charge is -2.40. The molecule has 0 aromatic rings. The van der Waals surface area contributed by atoms with E-state index >= 15 is 0 Å². The summed E-state index contributed by atoms with van der Waals surface area (Å²) in [5.74, 6) is -0.200. The summed E-state index contributed by atoms with van der Waals surface area (Å²) in [6.07, 6.45) is 99.2. The van der Waals surface area contributed by atoms with Gasteiger partial charge in [-0.2, -0.15) is 0 Å². The number of amides is 1. The van der Waals surface area contributed by atoms with Crippen molar-refractivity contribution >= 4 is 5.91 Å². The fraction of sp³-hybridized carbons (Fsp3) is 0.667. The molecule has 1 aliphatic heterocycles. The number of carbonyl (C=O) groups excluding carboxylic acids is 1. The van der Waals surface area contributed by atoms with Crippen LogP contribution >= 0.6 is 0 Å². The van der Waals surface area contributed by atoms with Gasteiger partial charge in [0, 0.05) is 6.42 Å². The van der Waals surface area contributed by atoms with Crippen LogP contribution in [0.3, 0.4) is 0 Å². The fourth-order valence-corrected chi connectivity index (χ4v) is 10.6. The van der Waals surface area contributed by atoms with Crippen LogP contribution in [0.15, 0.2) is 158 Å². The molecular weight excluding hydrogens is 1110 g/mol. The molecule has 7 unspecified atom stereocenters. The minimum absolute atomic E-state index is 0.200. The van der Waals surface area contributed by atoms with Crippen molar-refractivity contribution in [2.24, 2.45) is 0 Å². The molecular formula is C81H135NO8. The van der Waals surface area contributed by atoms with Crippen LogP contribution in [-0.4, -0.2) is 87.5 Å². The van der Waals surface area contributed by atoms with E-state index in [0.29, 0.717) is 6.42 Å². The molecule has 1 fully saturated rings. The van der Waals surface area contributed by atoms with Gasteiger partial charge in [0.15, 0.2) is 6.29 Å². The molecule has 512 valence electrons. The third-order valence-electron chi connectivity index (χ3n) is 16.3. The van der Waals surface area contributed by atoms with Gasteiger partial charge in [0.05, 0.1) is 25.4 Å². The van der Waals surface area contributed by atoms with Crippen molar-refractivity contribution in [3.63, 3.8) is 0 Å². The van der Waals surface area contributed by atoms with Gasteiger partial charge in [-0.3, -0.25) is 4.79 Å². The number of unbranched alkanes of at least 4 members (excludes halogenated alkanes) is 28. The van der Waals surface area contributed by atoms with Crippen molar-refractivity contribution in [2.75, 3.05) is 13.2 Å². The summed E-state index contributed by atoms with van der Waals surface area (Å²) in [6.45, 7) is 3.66. The lowest BCUT2D eigenvalue weighted by molar-refractivity contribution is -0.302. The van der Waals surface area contributed by atoms with Crippen LogP contribution < -0.4 is 5.32 Å². The molecule has 0 radical (unpaired) electrons. The predicted octanol–water partition coefficient (Wildman–Crippen LogP) is 20.7. The second-order valence-corrected chi connectivity index (χ2v) is 24.6. The summed E-state index contributed by atoms with van der Waals surface area (Å²) in [5.41, 5.74) is 0. The van der Waals surface area contributed by atoms with Gasteiger partial charge in [0.1, 0.15) is 24.4 Å². The maximum absolute atomic E-state index is 13.1. The Morgan fingerprint density at radius 3 is 1.07 bits per heavy atom. The smallest absolute Gasteiger partial charge is 0.220 e. The minimum atomic E-state index is -1.59. The first-order chi connectivity index (χ1) is 44.3. The normalized spacial score (nSPS) is 18.8. The largest absolute Gasteiger partial charge is 0.394 e. The van der Waals surface area contributed by atoms with Crippen LogP contribution in [0.5, 0.6) is 0 Å². The van der Waals surface area contributed by atoms with Crippen molar-refractivity contribution in [1.29, 1.82) is 0 Å². The van der Waals surface area contributed by atoms with Gasteiger partial charge in [-0.05, 0) is 122 Å². The van der Waals surface area contributed by atoms with E-state index in [1.807, 2.05) is 6.08 Å². The molecule has 0 bridgehead atoms. The van der Waals surface area contributed by atoms with E-state index in [1.165, 1.54) is 141 Å². The highest BCUT2D eigenvalue weighted by molar-refractivity contribution is 5.76. The van der Waals surface area contributed by atoms with Crippen molar-refractivity contribution in [1.82, 2.24) is 5.32 Å². The maximum atomic E-state index is 13.1. The lowest BCUT2D eigenvalue weighted by atomic mass is 9.99. The fourth-order valence-electron chi connectivity index (χ4n) is 10.6. The third-order valence-corrected chi connectivity index (χ3v) is 16.3. The number of aliphatic hydroxyl groups is 5. The monoisotopic (exact) mass is 1250 g/mol. The van der Waals surface area contributed by atoms with E-state index in [2.05, 4.69) is 165 Å². The summed E-state index contributed by atoms with van der Waals surface area (Å²) in [7, 11) is 0. The summed E-state index contributed by atoms with van der Waals surface area (Å²) >= 11 is 0. The number of nitrogens with one attached hydrogen (secondary N) is 1. The quantitative estimate of drug-likeness (QED) is 0.0261. The van der Waals surface area contributed by atoms with Gasteiger partial charge in [-0.15, -0.1) is 0 Å². The van der Waals surface area contributed by atoms with E-state index in [4.69, 9.17) is 9.47 Å². The first kappa shape index (κ1) is 83.8. The van der Waals surface area contributed by atoms with Gasteiger partial charge >= 0.3 is 0 Å². The predicted molar refractivity (Wildman–Crippen MR) is 386 cm³/mol. The average Bonchev–Trinajstić information content (AvgIpc) is 1.28. The molecule has 6 N–H and O–H groups in total. The molecule has 0 aromatic carbocycles. The molecule has 0 spiro atoms. The molecule has 1 rings (SSSR count). The van der Waals surface area contributed by atoms with Crippen LogP contribution in [0.4, 0.5) is 0 Å². The molecule has 9 nitrogen and oxygen atoms in total. The Morgan fingerprint density at radius 2 is 0.700 bits per heavy atom. The van der Waals surface area contributed by atoms with Crippen molar-refractivity contribution in [3.8, 4) is 0 Å². The van der Waals surface area contributed by atoms with Crippen LogP contribution in [-0.2, 0) is 14.3 Å². The molecule has 9 heteroatoms. The molecule has 1 saturated heterocycles. The Labute approximate surface area is 552 Å². The Kier molecular flexibility index (Phi) is 63.0. The summed E-state index contributed by atoms with van der Waals surface area (Å²) in [4.78, 5) is 13.1. The molecule has 0 aromatic heterocycles. The lowest BCUT2D eigenvalue weighted by Crippen LogP contribution is -2.60. The highest BCUT2D eigenvalue weighted by Crippen LogP contribution is 2.23. The molecule has 0 saturated carbocycles. The highest BCUT2D eigenvalue weighted by atomic mass is 16.7. The van der Waals surface area contributed by atoms with Crippen molar-refractivity contribution < 1.29 is 39.8 Å². The summed E-state index contributed by atoms with van der Waals surface area (Å²) in [6, 6.07) is -0.843. The first-order valence-corrected chi connectivity index (χ1v) is 36.7. The zero-order valence-electron chi connectivity index (χ0n) is 57.3. The van der Waals surface area contributed by atoms with Gasteiger partial charge < -0.3 is 40.3 Å². The number of rotatable bonds is 62. The van der Waals surface area contributed by atoms with Crippen LogP contribution in [0.1, 0.15) is 290 Å². The van der Waals surface area contributed by atoms with Crippen LogP contribution in [0.2, 0.25) is 0 Å². The zero-order chi connectivity index (χ0) is 64.9. The number of hydrogen-bond acceptors (Lipinski definition) is 8. The second-order valence-electron chi connectivity index (χ2n) is 24.6. The number of ether oxygens (including phenoxy) is 2. The topological polar surface area (TPSA) is 149 Å². The van der Waals surface area contributed by atoms with E-state index < -0.39 is 49.5 Å². The van der Waals surface area contributed by atoms with Gasteiger partial charge in [0.2, 0.25) is 5.91 Å². The Hall–Kier alpha value is -4.19. The Morgan fingerprint density at radius 1 is 0.389 bits per heavy atom. The van der Waals surface area contributed by atoms with Gasteiger partial charge in [-0.25, -0.2) is 0 Å². The SMILES string of the molecule is CC/C=C\C/C=C\C/C=C\C/C=C\C/C=C\C/C=C\C/C=C\C/C=C\C/C=C\C/C=C\CCCCCCCCCCCCC(=O)NC(COC1OC(CO)C(O)C(O)C1O)C(O)/C=C/CC/C=C/CC/C=C/CCCCCCCCCCCCCCCCCC. The van der Waals surface area contributed by atoms with Crippen molar-refractivity contribution in [2.45, 2.75) is 333 Å². The summed E-state index contributed by atoms with van der Waals surface area (Å²) < 4.78 is 11.3.